The van der Waals surface area contributed by atoms with Gasteiger partial charge in [0.1, 0.15) is 0 Å². The predicted molar refractivity (Wildman–Crippen MR) is 94.4 cm³/mol. The Hall–Kier alpha value is -0.190. The zero-order chi connectivity index (χ0) is 14.8. The Balaban J connectivity index is 0.00000176. The summed E-state index contributed by atoms with van der Waals surface area (Å²) >= 11 is 12.7. The highest BCUT2D eigenvalue weighted by molar-refractivity contribution is 6.37. The van der Waals surface area contributed by atoms with Crippen LogP contribution in [0.2, 0.25) is 10.0 Å². The molecule has 0 spiro atoms. The van der Waals surface area contributed by atoms with Gasteiger partial charge in [0.05, 0.1) is 16.7 Å². The van der Waals surface area contributed by atoms with Crippen molar-refractivity contribution in [1.82, 2.24) is 4.90 Å². The van der Waals surface area contributed by atoms with Crippen LogP contribution in [0, 0.1) is 5.92 Å². The molecule has 1 saturated carbocycles. The number of hydrogen-bond acceptors (Lipinski definition) is 3. The van der Waals surface area contributed by atoms with Crippen molar-refractivity contribution in [1.29, 1.82) is 0 Å². The first kappa shape index (κ1) is 18.2. The molecule has 1 aromatic carbocycles. The summed E-state index contributed by atoms with van der Waals surface area (Å²) in [6.07, 6.45) is 4.63. The highest BCUT2D eigenvalue weighted by atomic mass is 35.5. The molecule has 0 radical (unpaired) electrons. The van der Waals surface area contributed by atoms with E-state index in [9.17, 15) is 0 Å². The number of ether oxygens (including phenoxy) is 1. The highest BCUT2D eigenvalue weighted by Crippen LogP contribution is 2.37. The van der Waals surface area contributed by atoms with Gasteiger partial charge in [-0.05, 0) is 62.4 Å². The molecule has 3 nitrogen and oxygen atoms in total. The molecule has 6 heteroatoms. The summed E-state index contributed by atoms with van der Waals surface area (Å²) in [6, 6.07) is 4.31. The van der Waals surface area contributed by atoms with E-state index >= 15 is 0 Å². The standard InChI is InChI=1S/C16H22Cl2N2O.ClH/c17-14-7-12(9-20-5-3-13(19)4-6-20)8-15(18)16(14)21-10-11-1-2-11;/h7-8,11,13H,1-6,9-10,19H2;1H. The quantitative estimate of drug-likeness (QED) is 0.852. The summed E-state index contributed by atoms with van der Waals surface area (Å²) in [5.41, 5.74) is 7.07. The molecule has 2 N–H and O–H groups in total. The minimum Gasteiger partial charge on any atom is -0.490 e. The summed E-state index contributed by atoms with van der Waals surface area (Å²) in [7, 11) is 0. The molecule has 124 valence electrons. The summed E-state index contributed by atoms with van der Waals surface area (Å²) in [5.74, 6) is 1.32. The van der Waals surface area contributed by atoms with Gasteiger partial charge in [0.2, 0.25) is 0 Å². The van der Waals surface area contributed by atoms with Crippen LogP contribution in [0.1, 0.15) is 31.2 Å². The fourth-order valence-electron chi connectivity index (χ4n) is 2.70. The lowest BCUT2D eigenvalue weighted by atomic mass is 10.1. The van der Waals surface area contributed by atoms with Crippen molar-refractivity contribution in [3.63, 3.8) is 0 Å². The number of nitrogens with zero attached hydrogens (tertiary/aromatic N) is 1. The van der Waals surface area contributed by atoms with E-state index in [2.05, 4.69) is 4.90 Å². The lowest BCUT2D eigenvalue weighted by molar-refractivity contribution is 0.205. The van der Waals surface area contributed by atoms with E-state index in [0.717, 1.165) is 44.6 Å². The van der Waals surface area contributed by atoms with Crippen LogP contribution in [-0.4, -0.2) is 30.6 Å². The molecule has 1 aliphatic carbocycles. The third kappa shape index (κ3) is 4.90. The summed E-state index contributed by atoms with van der Waals surface area (Å²) in [6.45, 7) is 3.67. The minimum atomic E-state index is 0. The number of rotatable bonds is 5. The second-order valence-electron chi connectivity index (χ2n) is 6.26. The molecule has 22 heavy (non-hydrogen) atoms. The average molecular weight is 366 g/mol. The van der Waals surface area contributed by atoms with Crippen molar-refractivity contribution in [2.45, 2.75) is 38.3 Å². The zero-order valence-electron chi connectivity index (χ0n) is 12.6. The fourth-order valence-corrected chi connectivity index (χ4v) is 3.34. The number of piperidine rings is 1. The van der Waals surface area contributed by atoms with Crippen LogP contribution in [0.4, 0.5) is 0 Å². The maximum atomic E-state index is 6.33. The van der Waals surface area contributed by atoms with Gasteiger partial charge in [-0.15, -0.1) is 12.4 Å². The molecule has 1 saturated heterocycles. The van der Waals surface area contributed by atoms with Gasteiger partial charge in [-0.1, -0.05) is 23.2 Å². The largest absolute Gasteiger partial charge is 0.490 e. The van der Waals surface area contributed by atoms with E-state index in [0.29, 0.717) is 27.8 Å². The Morgan fingerprint density at radius 2 is 1.68 bits per heavy atom. The van der Waals surface area contributed by atoms with E-state index in [1.165, 1.54) is 12.8 Å². The molecule has 2 fully saturated rings. The summed E-state index contributed by atoms with van der Waals surface area (Å²) < 4.78 is 5.76. The molecule has 1 aliphatic heterocycles. The normalized spacial score (nSPS) is 19.8. The van der Waals surface area contributed by atoms with Crippen LogP contribution in [-0.2, 0) is 6.54 Å². The Kier molecular flexibility index (Phi) is 6.66. The first-order valence-corrected chi connectivity index (χ1v) is 8.46. The lowest BCUT2D eigenvalue weighted by Crippen LogP contribution is -2.39. The Morgan fingerprint density at radius 1 is 1.09 bits per heavy atom. The molecule has 0 bridgehead atoms. The maximum Gasteiger partial charge on any atom is 0.156 e. The van der Waals surface area contributed by atoms with E-state index in [1.807, 2.05) is 12.1 Å². The molecular weight excluding hydrogens is 343 g/mol. The number of halogens is 3. The molecule has 0 amide bonds. The third-order valence-corrected chi connectivity index (χ3v) is 4.82. The van der Waals surface area contributed by atoms with E-state index in [4.69, 9.17) is 33.7 Å². The molecular formula is C16H23Cl3N2O. The van der Waals surface area contributed by atoms with Crippen molar-refractivity contribution in [3.05, 3.63) is 27.7 Å². The SMILES string of the molecule is Cl.NC1CCN(Cc2cc(Cl)c(OCC3CC3)c(Cl)c2)CC1. The third-order valence-electron chi connectivity index (χ3n) is 4.26. The van der Waals surface area contributed by atoms with Gasteiger partial charge in [0.15, 0.2) is 5.75 Å². The highest BCUT2D eigenvalue weighted by Gasteiger charge is 2.23. The van der Waals surface area contributed by atoms with Crippen LogP contribution < -0.4 is 10.5 Å². The topological polar surface area (TPSA) is 38.5 Å². The zero-order valence-corrected chi connectivity index (χ0v) is 14.9. The molecule has 1 aromatic rings. The Morgan fingerprint density at radius 3 is 2.23 bits per heavy atom. The van der Waals surface area contributed by atoms with Crippen molar-refractivity contribution in [2.75, 3.05) is 19.7 Å². The van der Waals surface area contributed by atoms with Gasteiger partial charge in [0.25, 0.3) is 0 Å². The van der Waals surface area contributed by atoms with Crippen molar-refractivity contribution in [3.8, 4) is 5.75 Å². The van der Waals surface area contributed by atoms with Crippen LogP contribution in [0.3, 0.4) is 0 Å². The van der Waals surface area contributed by atoms with Gasteiger partial charge in [-0.25, -0.2) is 0 Å². The van der Waals surface area contributed by atoms with Crippen LogP contribution >= 0.6 is 35.6 Å². The maximum absolute atomic E-state index is 6.33. The Bertz CT molecular complexity index is 477. The van der Waals surface area contributed by atoms with E-state index in [-0.39, 0.29) is 12.4 Å². The van der Waals surface area contributed by atoms with Crippen molar-refractivity contribution < 1.29 is 4.74 Å². The minimum absolute atomic E-state index is 0. The first-order chi connectivity index (χ1) is 10.1. The molecule has 1 heterocycles. The van der Waals surface area contributed by atoms with E-state index in [1.54, 1.807) is 0 Å². The van der Waals surface area contributed by atoms with Gasteiger partial charge in [-0.3, -0.25) is 4.90 Å². The van der Waals surface area contributed by atoms with Gasteiger partial charge in [0, 0.05) is 12.6 Å². The summed E-state index contributed by atoms with van der Waals surface area (Å²) in [5, 5.41) is 1.23. The van der Waals surface area contributed by atoms with Gasteiger partial charge in [-0.2, -0.15) is 0 Å². The van der Waals surface area contributed by atoms with Crippen LogP contribution in [0.15, 0.2) is 12.1 Å². The van der Waals surface area contributed by atoms with Crippen molar-refractivity contribution in [2.24, 2.45) is 11.7 Å². The van der Waals surface area contributed by atoms with Crippen molar-refractivity contribution >= 4 is 35.6 Å². The Labute approximate surface area is 148 Å². The summed E-state index contributed by atoms with van der Waals surface area (Å²) in [4.78, 5) is 2.40. The number of benzene rings is 1. The average Bonchev–Trinajstić information content (AvgIpc) is 3.25. The van der Waals surface area contributed by atoms with E-state index < -0.39 is 0 Å². The monoisotopic (exact) mass is 364 g/mol. The van der Waals surface area contributed by atoms with Gasteiger partial charge >= 0.3 is 0 Å². The number of likely N-dealkylation sites (tertiary alicyclic amines) is 1. The molecule has 3 rings (SSSR count). The lowest BCUT2D eigenvalue weighted by Gasteiger charge is -2.30. The number of nitrogens with two attached hydrogens (primary N) is 1. The smallest absolute Gasteiger partial charge is 0.156 e. The first-order valence-electron chi connectivity index (χ1n) is 7.70. The molecule has 0 unspecified atom stereocenters. The molecule has 0 atom stereocenters. The predicted octanol–water partition coefficient (Wildman–Crippen LogP) is 4.13. The number of hydrogen-bond donors (Lipinski definition) is 1. The molecule has 2 aliphatic rings. The van der Waals surface area contributed by atoms with Crippen LogP contribution in [0.5, 0.6) is 5.75 Å². The van der Waals surface area contributed by atoms with Crippen LogP contribution in [0.25, 0.3) is 0 Å². The fraction of sp³-hybridized carbons (Fsp3) is 0.625. The van der Waals surface area contributed by atoms with Gasteiger partial charge < -0.3 is 10.5 Å². The molecule has 0 aromatic heterocycles. The second kappa shape index (κ2) is 8.07. The second-order valence-corrected chi connectivity index (χ2v) is 7.07.